The molecule has 2 aliphatic carbocycles. The first kappa shape index (κ1) is 11.0. The van der Waals surface area contributed by atoms with Gasteiger partial charge in [-0.1, -0.05) is 19.3 Å². The van der Waals surface area contributed by atoms with Gasteiger partial charge in [0, 0.05) is 6.61 Å². The monoisotopic (exact) mass is 207 g/mol. The molecule has 2 aliphatic rings. The third-order valence-electron chi connectivity index (χ3n) is 4.18. The summed E-state index contributed by atoms with van der Waals surface area (Å²) in [5.74, 6) is 1.62. The Labute approximate surface area is 92.6 Å². The quantitative estimate of drug-likeness (QED) is 0.697. The molecule has 15 heavy (non-hydrogen) atoms. The molecule has 0 radical (unpaired) electrons. The molecule has 0 aromatic heterocycles. The summed E-state index contributed by atoms with van der Waals surface area (Å²) in [6.07, 6.45) is 7.91. The Morgan fingerprint density at radius 1 is 1.20 bits per heavy atom. The fourth-order valence-electron chi connectivity index (χ4n) is 3.48. The summed E-state index contributed by atoms with van der Waals surface area (Å²) in [6.45, 7) is 2.78. The Morgan fingerprint density at radius 3 is 2.73 bits per heavy atom. The fraction of sp³-hybridized carbons (Fsp3) is 0.923. The first-order chi connectivity index (χ1) is 7.36. The van der Waals surface area contributed by atoms with Crippen LogP contribution in [0.4, 0.5) is 0 Å². The minimum atomic E-state index is 0.170. The minimum Gasteiger partial charge on any atom is -0.377 e. The van der Waals surface area contributed by atoms with Crippen LogP contribution in [0.15, 0.2) is 0 Å². The summed E-state index contributed by atoms with van der Waals surface area (Å²) in [7, 11) is 0. The van der Waals surface area contributed by atoms with Gasteiger partial charge in [0.25, 0.3) is 0 Å². The lowest BCUT2D eigenvalue weighted by Crippen LogP contribution is -2.40. The predicted molar refractivity (Wildman–Crippen MR) is 59.2 cm³/mol. The molecule has 0 N–H and O–H groups in total. The lowest BCUT2D eigenvalue weighted by atomic mass is 9.65. The van der Waals surface area contributed by atoms with Gasteiger partial charge in [-0.3, -0.25) is 0 Å². The van der Waals surface area contributed by atoms with E-state index in [2.05, 4.69) is 6.07 Å². The summed E-state index contributed by atoms with van der Waals surface area (Å²) in [5, 5.41) is 9.30. The lowest BCUT2D eigenvalue weighted by molar-refractivity contribution is -0.0370. The average Bonchev–Trinajstić information content (AvgIpc) is 2.29. The molecule has 0 aromatic carbocycles. The number of hydrogen-bond donors (Lipinski definition) is 0. The molecular formula is C13H21NO. The van der Waals surface area contributed by atoms with Crippen molar-refractivity contribution in [3.05, 3.63) is 0 Å². The van der Waals surface area contributed by atoms with E-state index in [9.17, 15) is 5.26 Å². The number of rotatable bonds is 2. The van der Waals surface area contributed by atoms with Crippen molar-refractivity contribution in [1.29, 1.82) is 5.26 Å². The molecular weight excluding hydrogens is 186 g/mol. The molecule has 0 amide bonds. The third-order valence-corrected chi connectivity index (χ3v) is 4.18. The van der Waals surface area contributed by atoms with Gasteiger partial charge in [0.15, 0.2) is 0 Å². The second kappa shape index (κ2) is 4.99. The van der Waals surface area contributed by atoms with Crippen molar-refractivity contribution in [3.8, 4) is 6.07 Å². The molecule has 0 aromatic rings. The van der Waals surface area contributed by atoms with Crippen LogP contribution in [0.3, 0.4) is 0 Å². The highest BCUT2D eigenvalue weighted by Crippen LogP contribution is 2.44. The SMILES string of the molecule is CCOC1CCC2CCCCC2C1C#N. The van der Waals surface area contributed by atoms with Crippen LogP contribution < -0.4 is 0 Å². The van der Waals surface area contributed by atoms with Crippen LogP contribution >= 0.6 is 0 Å². The van der Waals surface area contributed by atoms with Gasteiger partial charge in [0.05, 0.1) is 18.1 Å². The van der Waals surface area contributed by atoms with Crippen molar-refractivity contribution < 1.29 is 4.74 Å². The van der Waals surface area contributed by atoms with E-state index in [1.807, 2.05) is 6.92 Å². The highest BCUT2D eigenvalue weighted by Gasteiger charge is 2.40. The van der Waals surface area contributed by atoms with E-state index in [0.717, 1.165) is 18.9 Å². The van der Waals surface area contributed by atoms with Gasteiger partial charge in [-0.2, -0.15) is 5.26 Å². The van der Waals surface area contributed by atoms with Crippen molar-refractivity contribution >= 4 is 0 Å². The maximum Gasteiger partial charge on any atom is 0.0756 e. The first-order valence-corrected chi connectivity index (χ1v) is 6.38. The number of hydrogen-bond acceptors (Lipinski definition) is 2. The Balaban J connectivity index is 2.05. The molecule has 2 rings (SSSR count). The van der Waals surface area contributed by atoms with Crippen molar-refractivity contribution in [3.63, 3.8) is 0 Å². The molecule has 0 spiro atoms. The van der Waals surface area contributed by atoms with Crippen molar-refractivity contribution in [1.82, 2.24) is 0 Å². The summed E-state index contributed by atoms with van der Waals surface area (Å²) in [4.78, 5) is 0. The molecule has 2 heteroatoms. The van der Waals surface area contributed by atoms with Crippen LogP contribution in [0.2, 0.25) is 0 Å². The Hall–Kier alpha value is -0.550. The third kappa shape index (κ3) is 2.18. The summed E-state index contributed by atoms with van der Waals surface area (Å²) in [6, 6.07) is 2.51. The maximum absolute atomic E-state index is 9.30. The zero-order valence-corrected chi connectivity index (χ0v) is 9.61. The minimum absolute atomic E-state index is 0.170. The van der Waals surface area contributed by atoms with Crippen LogP contribution in [0, 0.1) is 29.1 Å². The molecule has 84 valence electrons. The topological polar surface area (TPSA) is 33.0 Å². The van der Waals surface area contributed by atoms with E-state index in [1.165, 1.54) is 32.1 Å². The Kier molecular flexibility index (Phi) is 3.64. The molecule has 0 bridgehead atoms. The normalized spacial score (nSPS) is 40.5. The molecule has 2 saturated carbocycles. The highest BCUT2D eigenvalue weighted by molar-refractivity contribution is 5.00. The van der Waals surface area contributed by atoms with Crippen LogP contribution in [-0.2, 0) is 4.74 Å². The number of fused-ring (bicyclic) bond motifs is 1. The van der Waals surface area contributed by atoms with E-state index >= 15 is 0 Å². The number of nitrogens with zero attached hydrogens (tertiary/aromatic N) is 1. The van der Waals surface area contributed by atoms with Gasteiger partial charge in [-0.15, -0.1) is 0 Å². The molecule has 2 nitrogen and oxygen atoms in total. The zero-order valence-electron chi connectivity index (χ0n) is 9.61. The standard InChI is InChI=1S/C13H21NO/c1-2-15-13-8-7-10-5-3-4-6-11(10)12(13)9-14/h10-13H,2-8H2,1H3. The van der Waals surface area contributed by atoms with Crippen LogP contribution in [0.5, 0.6) is 0 Å². The summed E-state index contributed by atoms with van der Waals surface area (Å²) in [5.41, 5.74) is 0. The molecule has 4 atom stereocenters. The number of nitriles is 1. The number of ether oxygens (including phenoxy) is 1. The van der Waals surface area contributed by atoms with Gasteiger partial charge in [-0.05, 0) is 38.0 Å². The molecule has 0 aliphatic heterocycles. The molecule has 0 heterocycles. The van der Waals surface area contributed by atoms with Gasteiger partial charge < -0.3 is 4.74 Å². The van der Waals surface area contributed by atoms with Crippen LogP contribution in [0.1, 0.15) is 45.4 Å². The van der Waals surface area contributed by atoms with E-state index in [0.29, 0.717) is 5.92 Å². The van der Waals surface area contributed by atoms with Crippen molar-refractivity contribution in [2.75, 3.05) is 6.61 Å². The zero-order chi connectivity index (χ0) is 10.7. The van der Waals surface area contributed by atoms with E-state index in [1.54, 1.807) is 0 Å². The van der Waals surface area contributed by atoms with Gasteiger partial charge >= 0.3 is 0 Å². The molecule has 4 unspecified atom stereocenters. The summed E-state index contributed by atoms with van der Waals surface area (Å²) < 4.78 is 5.71. The van der Waals surface area contributed by atoms with E-state index in [-0.39, 0.29) is 12.0 Å². The van der Waals surface area contributed by atoms with E-state index in [4.69, 9.17) is 4.74 Å². The van der Waals surface area contributed by atoms with Crippen LogP contribution in [0.25, 0.3) is 0 Å². The smallest absolute Gasteiger partial charge is 0.0756 e. The largest absolute Gasteiger partial charge is 0.377 e. The maximum atomic E-state index is 9.30. The predicted octanol–water partition coefficient (Wildman–Crippen LogP) is 3.13. The Bertz CT molecular complexity index is 245. The van der Waals surface area contributed by atoms with Crippen molar-refractivity contribution in [2.45, 2.75) is 51.6 Å². The second-order valence-corrected chi connectivity index (χ2v) is 4.93. The Morgan fingerprint density at radius 2 is 2.00 bits per heavy atom. The second-order valence-electron chi connectivity index (χ2n) is 4.93. The van der Waals surface area contributed by atoms with Gasteiger partial charge in [-0.25, -0.2) is 0 Å². The highest BCUT2D eigenvalue weighted by atomic mass is 16.5. The molecule has 2 fully saturated rings. The molecule has 0 saturated heterocycles. The van der Waals surface area contributed by atoms with Crippen molar-refractivity contribution in [2.24, 2.45) is 17.8 Å². The fourth-order valence-corrected chi connectivity index (χ4v) is 3.48. The summed E-state index contributed by atoms with van der Waals surface area (Å²) >= 11 is 0. The van der Waals surface area contributed by atoms with Gasteiger partial charge in [0.2, 0.25) is 0 Å². The average molecular weight is 207 g/mol. The van der Waals surface area contributed by atoms with Gasteiger partial charge in [0.1, 0.15) is 0 Å². The van der Waals surface area contributed by atoms with Crippen LogP contribution in [-0.4, -0.2) is 12.7 Å². The lowest BCUT2D eigenvalue weighted by Gasteiger charge is -2.42. The van der Waals surface area contributed by atoms with E-state index < -0.39 is 0 Å². The first-order valence-electron chi connectivity index (χ1n) is 6.38.